The van der Waals surface area contributed by atoms with Gasteiger partial charge in [0.15, 0.2) is 0 Å². The van der Waals surface area contributed by atoms with Crippen LogP contribution >= 0.6 is 11.3 Å². The fourth-order valence-corrected chi connectivity index (χ4v) is 3.55. The minimum Gasteiger partial charge on any atom is -0.335 e. The first kappa shape index (κ1) is 18.4. The highest BCUT2D eigenvalue weighted by molar-refractivity contribution is 7.10. The fraction of sp³-hybridized carbons (Fsp3) is 0.300. The Bertz CT molecular complexity index is 764. The SMILES string of the molecule is CCN1CCN(C(=O)C(=Cc2cccs2)NC(=O)c2ccccc2)CC1. The van der Waals surface area contributed by atoms with Crippen molar-refractivity contribution < 1.29 is 9.59 Å². The molecule has 0 spiro atoms. The van der Waals surface area contributed by atoms with Gasteiger partial charge in [0.2, 0.25) is 0 Å². The summed E-state index contributed by atoms with van der Waals surface area (Å²) in [7, 11) is 0. The molecule has 3 rings (SSSR count). The van der Waals surface area contributed by atoms with Gasteiger partial charge in [-0.15, -0.1) is 11.3 Å². The topological polar surface area (TPSA) is 52.6 Å². The number of nitrogens with zero attached hydrogens (tertiary/aromatic N) is 2. The van der Waals surface area contributed by atoms with Gasteiger partial charge in [-0.2, -0.15) is 0 Å². The third kappa shape index (κ3) is 4.59. The van der Waals surface area contributed by atoms with Crippen molar-refractivity contribution in [3.63, 3.8) is 0 Å². The Kier molecular flexibility index (Phi) is 6.20. The molecule has 6 heteroatoms. The lowest BCUT2D eigenvalue weighted by Gasteiger charge is -2.34. The zero-order chi connectivity index (χ0) is 18.4. The second kappa shape index (κ2) is 8.78. The van der Waals surface area contributed by atoms with Crippen LogP contribution in [0.15, 0.2) is 53.5 Å². The van der Waals surface area contributed by atoms with Gasteiger partial charge in [0.05, 0.1) is 0 Å². The summed E-state index contributed by atoms with van der Waals surface area (Å²) in [6.07, 6.45) is 1.76. The first-order chi connectivity index (χ1) is 12.7. The van der Waals surface area contributed by atoms with Crippen LogP contribution < -0.4 is 5.32 Å². The molecule has 2 aromatic rings. The Labute approximate surface area is 157 Å². The monoisotopic (exact) mass is 369 g/mol. The Morgan fingerprint density at radius 1 is 1.08 bits per heavy atom. The van der Waals surface area contributed by atoms with Crippen molar-refractivity contribution in [1.82, 2.24) is 15.1 Å². The highest BCUT2D eigenvalue weighted by Crippen LogP contribution is 2.15. The molecule has 1 aromatic heterocycles. The average molecular weight is 369 g/mol. The van der Waals surface area contributed by atoms with E-state index in [0.29, 0.717) is 24.4 Å². The smallest absolute Gasteiger partial charge is 0.270 e. The van der Waals surface area contributed by atoms with E-state index in [9.17, 15) is 9.59 Å². The van der Waals surface area contributed by atoms with Crippen LogP contribution in [0.3, 0.4) is 0 Å². The predicted molar refractivity (Wildman–Crippen MR) is 105 cm³/mol. The Hall–Kier alpha value is -2.44. The van der Waals surface area contributed by atoms with Gasteiger partial charge in [0.1, 0.15) is 5.70 Å². The molecule has 136 valence electrons. The summed E-state index contributed by atoms with van der Waals surface area (Å²) in [6, 6.07) is 12.8. The second-order valence-electron chi connectivity index (χ2n) is 6.12. The zero-order valence-corrected chi connectivity index (χ0v) is 15.7. The van der Waals surface area contributed by atoms with Crippen molar-refractivity contribution >= 4 is 29.2 Å². The average Bonchev–Trinajstić information content (AvgIpc) is 3.21. The van der Waals surface area contributed by atoms with E-state index in [-0.39, 0.29) is 11.8 Å². The van der Waals surface area contributed by atoms with Gasteiger partial charge >= 0.3 is 0 Å². The van der Waals surface area contributed by atoms with Crippen molar-refractivity contribution in [2.75, 3.05) is 32.7 Å². The number of likely N-dealkylation sites (N-methyl/N-ethyl adjacent to an activating group) is 1. The number of amides is 2. The van der Waals surface area contributed by atoms with E-state index in [0.717, 1.165) is 24.5 Å². The molecule has 2 heterocycles. The normalized spacial score (nSPS) is 15.7. The molecule has 0 saturated carbocycles. The molecule has 1 aliphatic heterocycles. The summed E-state index contributed by atoms with van der Waals surface area (Å²) in [5.41, 5.74) is 0.861. The highest BCUT2D eigenvalue weighted by Gasteiger charge is 2.24. The Morgan fingerprint density at radius 2 is 1.81 bits per heavy atom. The molecular formula is C20H23N3O2S. The lowest BCUT2D eigenvalue weighted by Crippen LogP contribution is -2.50. The van der Waals surface area contributed by atoms with E-state index in [1.165, 1.54) is 11.3 Å². The number of hydrogen-bond donors (Lipinski definition) is 1. The molecule has 2 amide bonds. The van der Waals surface area contributed by atoms with E-state index < -0.39 is 0 Å². The minimum absolute atomic E-state index is 0.126. The van der Waals surface area contributed by atoms with E-state index >= 15 is 0 Å². The second-order valence-corrected chi connectivity index (χ2v) is 7.10. The van der Waals surface area contributed by atoms with Crippen LogP contribution in [0.25, 0.3) is 6.08 Å². The van der Waals surface area contributed by atoms with E-state index in [2.05, 4.69) is 17.1 Å². The van der Waals surface area contributed by atoms with Crippen molar-refractivity contribution in [1.29, 1.82) is 0 Å². The van der Waals surface area contributed by atoms with Crippen LogP contribution in [0.4, 0.5) is 0 Å². The minimum atomic E-state index is -0.269. The molecule has 0 atom stereocenters. The molecular weight excluding hydrogens is 346 g/mol. The number of benzene rings is 1. The lowest BCUT2D eigenvalue weighted by molar-refractivity contribution is -0.129. The van der Waals surface area contributed by atoms with Crippen molar-refractivity contribution in [2.45, 2.75) is 6.92 Å². The maximum Gasteiger partial charge on any atom is 0.270 e. The number of piperazine rings is 1. The van der Waals surface area contributed by atoms with Crippen LogP contribution in [0.5, 0.6) is 0 Å². The Balaban J connectivity index is 1.78. The summed E-state index contributed by atoms with van der Waals surface area (Å²) in [5, 5.41) is 4.77. The van der Waals surface area contributed by atoms with E-state index in [4.69, 9.17) is 0 Å². The van der Waals surface area contributed by atoms with Gasteiger partial charge in [-0.1, -0.05) is 31.2 Å². The molecule has 0 radical (unpaired) electrons. The predicted octanol–water partition coefficient (Wildman–Crippen LogP) is 2.68. The number of nitrogens with one attached hydrogen (secondary N) is 1. The Morgan fingerprint density at radius 3 is 2.42 bits per heavy atom. The van der Waals surface area contributed by atoms with Crippen LogP contribution in [0, 0.1) is 0 Å². The molecule has 0 bridgehead atoms. The van der Waals surface area contributed by atoms with Gasteiger partial charge in [-0.25, -0.2) is 0 Å². The van der Waals surface area contributed by atoms with E-state index in [1.807, 2.05) is 40.6 Å². The number of hydrogen-bond acceptors (Lipinski definition) is 4. The fourth-order valence-electron chi connectivity index (χ4n) is 2.89. The highest BCUT2D eigenvalue weighted by atomic mass is 32.1. The largest absolute Gasteiger partial charge is 0.335 e. The molecule has 1 fully saturated rings. The number of rotatable bonds is 5. The van der Waals surface area contributed by atoms with E-state index in [1.54, 1.807) is 18.2 Å². The maximum atomic E-state index is 13.0. The van der Waals surface area contributed by atoms with Crippen LogP contribution in [-0.4, -0.2) is 54.3 Å². The first-order valence-corrected chi connectivity index (χ1v) is 9.68. The standard InChI is InChI=1S/C20H23N3O2S/c1-2-22-10-12-23(13-11-22)20(25)18(15-17-9-6-14-26-17)21-19(24)16-7-4-3-5-8-16/h3-9,14-15H,2,10-13H2,1H3,(H,21,24). The first-order valence-electron chi connectivity index (χ1n) is 8.80. The molecule has 1 saturated heterocycles. The van der Waals surface area contributed by atoms with Crippen LogP contribution in [0.2, 0.25) is 0 Å². The summed E-state index contributed by atoms with van der Waals surface area (Å²) >= 11 is 1.54. The summed E-state index contributed by atoms with van der Waals surface area (Å²) < 4.78 is 0. The van der Waals surface area contributed by atoms with Gasteiger partial charge in [-0.3, -0.25) is 9.59 Å². The number of carbonyl (C=O) groups excluding carboxylic acids is 2. The van der Waals surface area contributed by atoms with Crippen molar-refractivity contribution in [3.05, 3.63) is 64.0 Å². The molecule has 0 unspecified atom stereocenters. The molecule has 5 nitrogen and oxygen atoms in total. The number of thiophene rings is 1. The molecule has 1 aromatic carbocycles. The zero-order valence-electron chi connectivity index (χ0n) is 14.9. The van der Waals surface area contributed by atoms with Crippen LogP contribution in [0.1, 0.15) is 22.2 Å². The molecule has 0 aliphatic carbocycles. The molecule has 26 heavy (non-hydrogen) atoms. The van der Waals surface area contributed by atoms with Gasteiger partial charge in [0, 0.05) is 36.6 Å². The third-order valence-corrected chi connectivity index (χ3v) is 5.27. The lowest BCUT2D eigenvalue weighted by atomic mass is 10.2. The maximum absolute atomic E-state index is 13.0. The molecule has 1 aliphatic rings. The quantitative estimate of drug-likeness (QED) is 0.825. The summed E-state index contributed by atoms with van der Waals surface area (Å²) in [4.78, 5) is 30.6. The van der Waals surface area contributed by atoms with Crippen molar-refractivity contribution in [3.8, 4) is 0 Å². The molecule has 1 N–H and O–H groups in total. The van der Waals surface area contributed by atoms with Gasteiger partial charge in [0.25, 0.3) is 11.8 Å². The van der Waals surface area contributed by atoms with Crippen molar-refractivity contribution in [2.24, 2.45) is 0 Å². The van der Waals surface area contributed by atoms with Gasteiger partial charge in [-0.05, 0) is 36.2 Å². The van der Waals surface area contributed by atoms with Gasteiger partial charge < -0.3 is 15.1 Å². The summed E-state index contributed by atoms with van der Waals surface area (Å²) in [5.74, 6) is -0.396. The number of carbonyl (C=O) groups is 2. The summed E-state index contributed by atoms with van der Waals surface area (Å²) in [6.45, 7) is 6.19. The van der Waals surface area contributed by atoms with Crippen LogP contribution in [-0.2, 0) is 4.79 Å². The third-order valence-electron chi connectivity index (χ3n) is 4.45.